The van der Waals surface area contributed by atoms with Crippen molar-refractivity contribution in [2.45, 2.75) is 32.7 Å². The van der Waals surface area contributed by atoms with Gasteiger partial charge >= 0.3 is 6.09 Å². The highest BCUT2D eigenvalue weighted by Gasteiger charge is 2.27. The lowest BCUT2D eigenvalue weighted by Crippen LogP contribution is -3.00. The minimum Gasteiger partial charge on any atom is -1.00 e. The molecule has 7 heteroatoms. The molecule has 178 valence electrons. The molecule has 0 aliphatic carbocycles. The SMILES string of the molecule is CCOC(=O)Nc1ccc2c(c1)N(C(=O)C[NH2+]C(C)c1ccccc1)c1ccccc1CC2.[Cl-]. The summed E-state index contributed by atoms with van der Waals surface area (Å²) in [6.45, 7) is 4.47. The van der Waals surface area contributed by atoms with Crippen molar-refractivity contribution in [2.24, 2.45) is 0 Å². The summed E-state index contributed by atoms with van der Waals surface area (Å²) >= 11 is 0. The van der Waals surface area contributed by atoms with Crippen molar-refractivity contribution >= 4 is 29.1 Å². The number of amides is 2. The minimum absolute atomic E-state index is 0. The average molecular weight is 480 g/mol. The third kappa shape index (κ3) is 5.76. The van der Waals surface area contributed by atoms with Crippen molar-refractivity contribution in [3.05, 3.63) is 89.5 Å². The molecule has 0 saturated carbocycles. The summed E-state index contributed by atoms with van der Waals surface area (Å²) in [5.41, 5.74) is 5.70. The van der Waals surface area contributed by atoms with Crippen molar-refractivity contribution in [3.63, 3.8) is 0 Å². The Labute approximate surface area is 206 Å². The normalized spacial score (nSPS) is 12.9. The first-order valence-corrected chi connectivity index (χ1v) is 11.4. The molecule has 34 heavy (non-hydrogen) atoms. The molecule has 1 atom stereocenters. The largest absolute Gasteiger partial charge is 1.00 e. The van der Waals surface area contributed by atoms with Gasteiger partial charge in [0.15, 0.2) is 6.54 Å². The van der Waals surface area contributed by atoms with Crippen LogP contribution in [0.2, 0.25) is 0 Å². The second-order valence-corrected chi connectivity index (χ2v) is 8.19. The van der Waals surface area contributed by atoms with Crippen molar-refractivity contribution in [3.8, 4) is 0 Å². The van der Waals surface area contributed by atoms with Crippen LogP contribution in [-0.2, 0) is 22.4 Å². The van der Waals surface area contributed by atoms with E-state index in [0.717, 1.165) is 35.3 Å². The molecule has 1 aliphatic heterocycles. The number of quaternary nitrogens is 1. The van der Waals surface area contributed by atoms with Crippen molar-refractivity contribution in [2.75, 3.05) is 23.4 Å². The van der Waals surface area contributed by atoms with Gasteiger partial charge in [0.25, 0.3) is 5.91 Å². The first kappa shape index (κ1) is 25.3. The molecule has 3 aromatic rings. The van der Waals surface area contributed by atoms with Crippen LogP contribution < -0.4 is 27.9 Å². The number of carbonyl (C=O) groups excluding carboxylic acids is 2. The standard InChI is InChI=1S/C27H29N3O3.ClH/c1-3-33-27(32)29-23-16-15-22-14-13-21-11-7-8-12-24(21)30(25(22)17-23)26(31)18-28-19(2)20-9-5-4-6-10-20;/h4-12,15-17,19,28H,3,13-14,18H2,1-2H3,(H,29,32);1H. The van der Waals surface area contributed by atoms with Gasteiger partial charge in [-0.15, -0.1) is 0 Å². The van der Waals surface area contributed by atoms with Crippen LogP contribution in [0.1, 0.15) is 36.6 Å². The molecule has 0 saturated heterocycles. The second-order valence-electron chi connectivity index (χ2n) is 8.19. The Morgan fingerprint density at radius 1 is 0.971 bits per heavy atom. The number of nitrogens with one attached hydrogen (secondary N) is 1. The van der Waals surface area contributed by atoms with Gasteiger partial charge in [0.1, 0.15) is 6.04 Å². The van der Waals surface area contributed by atoms with Crippen LogP contribution in [0.4, 0.5) is 21.9 Å². The van der Waals surface area contributed by atoms with Crippen LogP contribution in [0.5, 0.6) is 0 Å². The highest BCUT2D eigenvalue weighted by atomic mass is 35.5. The van der Waals surface area contributed by atoms with E-state index in [4.69, 9.17) is 4.74 Å². The van der Waals surface area contributed by atoms with E-state index in [2.05, 4.69) is 35.8 Å². The molecule has 0 bridgehead atoms. The number of nitrogens with two attached hydrogens (primary N) is 1. The summed E-state index contributed by atoms with van der Waals surface area (Å²) in [5, 5.41) is 4.82. The fraction of sp³-hybridized carbons (Fsp3) is 0.259. The van der Waals surface area contributed by atoms with Gasteiger partial charge in [0, 0.05) is 11.3 Å². The third-order valence-electron chi connectivity index (χ3n) is 5.97. The van der Waals surface area contributed by atoms with Gasteiger partial charge in [0.05, 0.1) is 18.0 Å². The van der Waals surface area contributed by atoms with E-state index in [1.807, 2.05) is 59.5 Å². The lowest BCUT2D eigenvalue weighted by molar-refractivity contribution is -0.682. The van der Waals surface area contributed by atoms with Gasteiger partial charge in [0.2, 0.25) is 0 Å². The summed E-state index contributed by atoms with van der Waals surface area (Å²) in [4.78, 5) is 27.4. The fourth-order valence-corrected chi connectivity index (χ4v) is 4.22. The van der Waals surface area contributed by atoms with E-state index in [0.29, 0.717) is 18.8 Å². The summed E-state index contributed by atoms with van der Waals surface area (Å²) in [6, 6.07) is 24.1. The van der Waals surface area contributed by atoms with Gasteiger partial charge in [-0.2, -0.15) is 0 Å². The maximum Gasteiger partial charge on any atom is 0.411 e. The topological polar surface area (TPSA) is 75.2 Å². The molecule has 3 N–H and O–H groups in total. The van der Waals surface area contributed by atoms with Gasteiger partial charge in [-0.25, -0.2) is 4.79 Å². The monoisotopic (exact) mass is 479 g/mol. The number of benzene rings is 3. The van der Waals surface area contributed by atoms with E-state index in [1.54, 1.807) is 6.92 Å². The molecule has 0 aromatic heterocycles. The Hall–Kier alpha value is -3.35. The average Bonchev–Trinajstić information content (AvgIpc) is 2.99. The highest BCUT2D eigenvalue weighted by Crippen LogP contribution is 2.37. The number of fused-ring (bicyclic) bond motifs is 2. The lowest BCUT2D eigenvalue weighted by Gasteiger charge is -2.25. The zero-order chi connectivity index (χ0) is 23.2. The Bertz CT molecular complexity index is 1140. The lowest BCUT2D eigenvalue weighted by atomic mass is 10.0. The highest BCUT2D eigenvalue weighted by molar-refractivity contribution is 6.03. The van der Waals surface area contributed by atoms with E-state index in [9.17, 15) is 9.59 Å². The number of carbonyl (C=O) groups is 2. The number of anilines is 3. The molecular weight excluding hydrogens is 450 g/mol. The van der Waals surface area contributed by atoms with Crippen LogP contribution >= 0.6 is 0 Å². The third-order valence-corrected chi connectivity index (χ3v) is 5.97. The Morgan fingerprint density at radius 2 is 1.65 bits per heavy atom. The number of nitrogens with zero attached hydrogens (tertiary/aromatic N) is 1. The number of ether oxygens (including phenoxy) is 1. The molecule has 1 heterocycles. The summed E-state index contributed by atoms with van der Waals surface area (Å²) in [5.74, 6) is 0.00154. The van der Waals surface area contributed by atoms with Crippen LogP contribution in [-0.4, -0.2) is 25.2 Å². The number of aryl methyl sites for hydroxylation is 2. The van der Waals surface area contributed by atoms with E-state index in [1.165, 1.54) is 5.56 Å². The number of para-hydroxylation sites is 1. The number of rotatable bonds is 6. The zero-order valence-electron chi connectivity index (χ0n) is 19.5. The van der Waals surface area contributed by atoms with E-state index in [-0.39, 0.29) is 24.4 Å². The molecule has 1 aliphatic rings. The number of hydrogen-bond donors (Lipinski definition) is 2. The maximum atomic E-state index is 13.6. The number of hydrogen-bond acceptors (Lipinski definition) is 3. The van der Waals surface area contributed by atoms with Gasteiger partial charge < -0.3 is 22.5 Å². The van der Waals surface area contributed by atoms with Crippen LogP contribution in [0.25, 0.3) is 0 Å². The van der Waals surface area contributed by atoms with Gasteiger partial charge in [-0.3, -0.25) is 15.0 Å². The predicted octanol–water partition coefficient (Wildman–Crippen LogP) is 1.35. The van der Waals surface area contributed by atoms with Crippen LogP contribution in [0.15, 0.2) is 72.8 Å². The first-order chi connectivity index (χ1) is 16.1. The molecule has 6 nitrogen and oxygen atoms in total. The summed E-state index contributed by atoms with van der Waals surface area (Å²) in [6.07, 6.45) is 1.16. The molecule has 0 radical (unpaired) electrons. The molecule has 1 unspecified atom stereocenters. The predicted molar refractivity (Wildman–Crippen MR) is 130 cm³/mol. The fourth-order valence-electron chi connectivity index (χ4n) is 4.22. The molecular formula is C27H30ClN3O3. The van der Waals surface area contributed by atoms with Gasteiger partial charge in [-0.05, 0) is 56.0 Å². The van der Waals surface area contributed by atoms with E-state index < -0.39 is 6.09 Å². The van der Waals surface area contributed by atoms with Crippen LogP contribution in [0.3, 0.4) is 0 Å². The zero-order valence-corrected chi connectivity index (χ0v) is 20.2. The van der Waals surface area contributed by atoms with Crippen molar-refractivity contribution < 1.29 is 32.0 Å². The summed E-state index contributed by atoms with van der Waals surface area (Å²) in [7, 11) is 0. The molecule has 3 aromatic carbocycles. The molecule has 0 spiro atoms. The summed E-state index contributed by atoms with van der Waals surface area (Å²) < 4.78 is 5.02. The Balaban J connectivity index is 0.00000324. The molecule has 0 fully saturated rings. The first-order valence-electron chi connectivity index (χ1n) is 11.4. The number of halogens is 1. The second kappa shape index (κ2) is 11.7. The smallest absolute Gasteiger partial charge is 0.411 e. The van der Waals surface area contributed by atoms with Crippen molar-refractivity contribution in [1.82, 2.24) is 0 Å². The maximum absolute atomic E-state index is 13.6. The Kier molecular flexibility index (Phi) is 8.68. The quantitative estimate of drug-likeness (QED) is 0.560. The molecule has 2 amide bonds. The molecule has 4 rings (SSSR count). The van der Waals surface area contributed by atoms with Crippen molar-refractivity contribution in [1.29, 1.82) is 0 Å². The van der Waals surface area contributed by atoms with Gasteiger partial charge in [-0.1, -0.05) is 54.6 Å². The minimum atomic E-state index is -0.505. The van der Waals surface area contributed by atoms with Crippen LogP contribution in [0, 0.1) is 0 Å². The Morgan fingerprint density at radius 3 is 2.38 bits per heavy atom. The van der Waals surface area contributed by atoms with E-state index >= 15 is 0 Å².